The van der Waals surface area contributed by atoms with Crippen LogP contribution in [0.1, 0.15) is 6.42 Å². The van der Waals surface area contributed by atoms with Gasteiger partial charge in [-0.1, -0.05) is 0 Å². The molecule has 0 aromatic carbocycles. The van der Waals surface area contributed by atoms with Gasteiger partial charge in [-0.3, -0.25) is 24.0 Å². The fourth-order valence-electron chi connectivity index (χ4n) is 2.16. The number of amides is 5. The number of carboxylic acids is 1. The molecule has 0 heterocycles. The molecule has 5 unspecified atom stereocenters. The van der Waals surface area contributed by atoms with E-state index in [9.17, 15) is 28.8 Å². The lowest BCUT2D eigenvalue weighted by Crippen LogP contribution is -2.60. The van der Waals surface area contributed by atoms with E-state index in [1.54, 1.807) is 0 Å². The van der Waals surface area contributed by atoms with Crippen molar-refractivity contribution in [1.82, 2.24) is 21.3 Å². The average Bonchev–Trinajstić information content (AvgIpc) is 2.76. The van der Waals surface area contributed by atoms with Crippen molar-refractivity contribution >= 4 is 86.0 Å². The molecule has 17 heteroatoms. The summed E-state index contributed by atoms with van der Waals surface area (Å²) in [6, 6.07) is -6.32. The number of nitrogens with one attached hydrogen (secondary N) is 4. The van der Waals surface area contributed by atoms with Crippen molar-refractivity contribution < 1.29 is 33.9 Å². The van der Waals surface area contributed by atoms with Crippen LogP contribution < -0.4 is 32.7 Å². The Kier molecular flexibility index (Phi) is 15.0. The molecule has 0 rings (SSSR count). The van der Waals surface area contributed by atoms with E-state index >= 15 is 0 Å². The van der Waals surface area contributed by atoms with E-state index in [4.69, 9.17) is 16.6 Å². The number of aliphatic carboxylic acids is 1. The molecule has 33 heavy (non-hydrogen) atoms. The van der Waals surface area contributed by atoms with E-state index in [1.165, 1.54) is 0 Å². The smallest absolute Gasteiger partial charge is 0.327 e. The highest BCUT2D eigenvalue weighted by Gasteiger charge is 2.31. The Morgan fingerprint density at radius 3 is 1.36 bits per heavy atom. The zero-order valence-corrected chi connectivity index (χ0v) is 20.8. The van der Waals surface area contributed by atoms with Crippen LogP contribution in [0.25, 0.3) is 0 Å². The third-order valence-corrected chi connectivity index (χ3v) is 5.49. The van der Waals surface area contributed by atoms with Gasteiger partial charge in [0.25, 0.3) is 0 Å². The molecule has 0 saturated heterocycles. The molecule has 9 N–H and O–H groups in total. The number of thiol groups is 4. The summed E-state index contributed by atoms with van der Waals surface area (Å²) in [6.07, 6.45) is -0.629. The predicted molar refractivity (Wildman–Crippen MR) is 133 cm³/mol. The average molecular weight is 545 g/mol. The minimum atomic E-state index is -1.51. The maximum absolute atomic E-state index is 12.6. The molecule has 5 amide bonds. The lowest BCUT2D eigenvalue weighted by atomic mass is 10.1. The van der Waals surface area contributed by atoms with Gasteiger partial charge >= 0.3 is 5.97 Å². The molecule has 13 nitrogen and oxygen atoms in total. The monoisotopic (exact) mass is 544 g/mol. The summed E-state index contributed by atoms with van der Waals surface area (Å²) in [6.45, 7) is 0. The first kappa shape index (κ1) is 31.2. The van der Waals surface area contributed by atoms with Crippen LogP contribution in [0.15, 0.2) is 0 Å². The zero-order valence-electron chi connectivity index (χ0n) is 17.3. The highest BCUT2D eigenvalue weighted by Crippen LogP contribution is 2.00. The molecular weight excluding hydrogens is 516 g/mol. The van der Waals surface area contributed by atoms with Crippen LogP contribution in [0.4, 0.5) is 0 Å². The molecule has 0 aliphatic rings. The second-order valence-corrected chi connectivity index (χ2v) is 8.05. The minimum Gasteiger partial charge on any atom is -0.480 e. The van der Waals surface area contributed by atoms with E-state index in [0.717, 1.165) is 0 Å². The van der Waals surface area contributed by atoms with Gasteiger partial charge < -0.3 is 37.8 Å². The Hall–Kier alpha value is -1.82. The second-order valence-electron chi connectivity index (χ2n) is 6.59. The van der Waals surface area contributed by atoms with E-state index < -0.39 is 72.1 Å². The van der Waals surface area contributed by atoms with Gasteiger partial charge in [-0.05, 0) is 0 Å². The van der Waals surface area contributed by atoms with Crippen LogP contribution in [0.3, 0.4) is 0 Å². The third-order valence-electron chi connectivity index (χ3n) is 4.00. The topological polar surface area (TPSA) is 223 Å². The molecule has 0 spiro atoms. The van der Waals surface area contributed by atoms with Gasteiger partial charge in [0.2, 0.25) is 29.5 Å². The molecular formula is C16H28N6O7S4. The highest BCUT2D eigenvalue weighted by atomic mass is 32.1. The quantitative estimate of drug-likeness (QED) is 0.0908. The number of hydrogen-bond donors (Lipinski definition) is 11. The second kappa shape index (κ2) is 15.9. The Labute approximate surface area is 211 Å². The highest BCUT2D eigenvalue weighted by molar-refractivity contribution is 7.80. The fourth-order valence-corrected chi connectivity index (χ4v) is 3.09. The largest absolute Gasteiger partial charge is 0.480 e. The lowest BCUT2D eigenvalue weighted by molar-refractivity contribution is -0.141. The van der Waals surface area contributed by atoms with Crippen LogP contribution in [0.2, 0.25) is 0 Å². The summed E-state index contributed by atoms with van der Waals surface area (Å²) in [5, 5.41) is 18.1. The van der Waals surface area contributed by atoms with Gasteiger partial charge in [0.05, 0.1) is 12.5 Å². The Morgan fingerprint density at radius 2 is 1.00 bits per heavy atom. The van der Waals surface area contributed by atoms with Crippen LogP contribution in [-0.4, -0.2) is 93.8 Å². The molecule has 0 aliphatic carbocycles. The summed E-state index contributed by atoms with van der Waals surface area (Å²) in [4.78, 5) is 71.9. The molecule has 0 bridgehead atoms. The van der Waals surface area contributed by atoms with Crippen molar-refractivity contribution in [1.29, 1.82) is 0 Å². The van der Waals surface area contributed by atoms with Gasteiger partial charge in [-0.25, -0.2) is 4.79 Å². The number of primary amides is 1. The summed E-state index contributed by atoms with van der Waals surface area (Å²) < 4.78 is 0. The maximum atomic E-state index is 12.6. The number of rotatable bonds is 15. The molecule has 5 atom stereocenters. The molecule has 188 valence electrons. The molecule has 0 fully saturated rings. The molecule has 0 saturated carbocycles. The SMILES string of the molecule is NC(=O)CC(NC(=O)C(CS)NC(=O)C(N)CS)C(=O)NC(CS)C(=O)NC(CS)C(=O)O. The van der Waals surface area contributed by atoms with Crippen molar-refractivity contribution in [3.05, 3.63) is 0 Å². The van der Waals surface area contributed by atoms with Gasteiger partial charge in [0.1, 0.15) is 24.2 Å². The van der Waals surface area contributed by atoms with Crippen molar-refractivity contribution in [2.24, 2.45) is 11.5 Å². The van der Waals surface area contributed by atoms with E-state index in [-0.39, 0.29) is 23.0 Å². The van der Waals surface area contributed by atoms with Gasteiger partial charge in [-0.2, -0.15) is 50.5 Å². The summed E-state index contributed by atoms with van der Waals surface area (Å²) in [7, 11) is 0. The van der Waals surface area contributed by atoms with Crippen LogP contribution >= 0.6 is 50.5 Å². The molecule has 0 radical (unpaired) electrons. The van der Waals surface area contributed by atoms with Crippen LogP contribution in [-0.2, 0) is 28.8 Å². The summed E-state index contributed by atoms with van der Waals surface area (Å²) in [5.74, 6) is -6.24. The normalized spacial score (nSPS) is 15.2. The van der Waals surface area contributed by atoms with Gasteiger partial charge in [-0.15, -0.1) is 0 Å². The van der Waals surface area contributed by atoms with Crippen molar-refractivity contribution in [2.45, 2.75) is 36.6 Å². The summed E-state index contributed by atoms with van der Waals surface area (Å²) in [5.41, 5.74) is 10.7. The first-order chi connectivity index (χ1) is 15.4. The number of hydrogen-bond acceptors (Lipinski definition) is 11. The minimum absolute atomic E-state index is 0.0165. The van der Waals surface area contributed by atoms with E-state index in [1.807, 2.05) is 0 Å². The number of nitrogens with two attached hydrogens (primary N) is 2. The number of carbonyl (C=O) groups is 6. The predicted octanol–water partition coefficient (Wildman–Crippen LogP) is -4.07. The first-order valence-electron chi connectivity index (χ1n) is 9.33. The third kappa shape index (κ3) is 11.2. The zero-order chi connectivity index (χ0) is 25.7. The Balaban J connectivity index is 5.37. The van der Waals surface area contributed by atoms with Crippen molar-refractivity contribution in [2.75, 3.05) is 23.0 Å². The van der Waals surface area contributed by atoms with Gasteiger partial charge in [0.15, 0.2) is 0 Å². The fraction of sp³-hybridized carbons (Fsp3) is 0.625. The first-order valence-corrected chi connectivity index (χ1v) is 11.9. The molecule has 0 aromatic rings. The standard InChI is InChI=1S/C16H28N6O7S4/c17-6(2-30)12(24)20-8(3-31)14(26)19-7(1-11(18)23)13(25)21-9(4-32)15(27)22-10(5-33)16(28)29/h6-10,30-33H,1-5,17H2,(H2,18,23)(H,19,26)(H,20,24)(H,21,25)(H,22,27)(H,28,29). The van der Waals surface area contributed by atoms with Crippen LogP contribution in [0, 0.1) is 0 Å². The van der Waals surface area contributed by atoms with Crippen LogP contribution in [0.5, 0.6) is 0 Å². The lowest BCUT2D eigenvalue weighted by Gasteiger charge is -2.24. The van der Waals surface area contributed by atoms with Crippen molar-refractivity contribution in [3.63, 3.8) is 0 Å². The maximum Gasteiger partial charge on any atom is 0.327 e. The molecule has 0 aromatic heterocycles. The van der Waals surface area contributed by atoms with E-state index in [0.29, 0.717) is 0 Å². The molecule has 0 aliphatic heterocycles. The number of carbonyl (C=O) groups excluding carboxylic acids is 5. The Morgan fingerprint density at radius 1 is 0.636 bits per heavy atom. The van der Waals surface area contributed by atoms with Crippen molar-refractivity contribution in [3.8, 4) is 0 Å². The van der Waals surface area contributed by atoms with E-state index in [2.05, 4.69) is 71.8 Å². The summed E-state index contributed by atoms with van der Waals surface area (Å²) >= 11 is 15.7. The van der Waals surface area contributed by atoms with Gasteiger partial charge in [0, 0.05) is 23.0 Å². The Bertz CT molecular complexity index is 744. The number of carboxylic acid groups (broad SMARTS) is 1.